The molecule has 1 saturated carbocycles. The molecule has 1 aliphatic rings. The minimum absolute atomic E-state index is 0. The number of guanidine groups is 1. The number of hydrogen-bond donors (Lipinski definition) is 2. The number of aliphatic imine (C=N–C) groups is 1. The highest BCUT2D eigenvalue weighted by atomic mass is 127. The molecule has 2 N–H and O–H groups in total. The molecule has 2 atom stereocenters. The Morgan fingerprint density at radius 1 is 1.30 bits per heavy atom. The van der Waals surface area contributed by atoms with E-state index in [1.54, 1.807) is 0 Å². The molecule has 0 spiro atoms. The molecule has 0 saturated heterocycles. The van der Waals surface area contributed by atoms with Gasteiger partial charge in [0.2, 0.25) is 0 Å². The number of rotatable bonds is 6. The fourth-order valence-electron chi connectivity index (χ4n) is 2.13. The second kappa shape index (κ2) is 10.4. The van der Waals surface area contributed by atoms with Crippen molar-refractivity contribution in [3.63, 3.8) is 0 Å². The van der Waals surface area contributed by atoms with Gasteiger partial charge in [-0.3, -0.25) is 4.99 Å². The van der Waals surface area contributed by atoms with Crippen LogP contribution in [-0.4, -0.2) is 47.6 Å². The van der Waals surface area contributed by atoms with Gasteiger partial charge in [0, 0.05) is 22.6 Å². The Bertz CT molecular complexity index is 298. The first-order valence-electron chi connectivity index (χ1n) is 7.13. The summed E-state index contributed by atoms with van der Waals surface area (Å²) in [6.07, 6.45) is 8.22. The van der Waals surface area contributed by atoms with E-state index in [2.05, 4.69) is 43.9 Å². The molecule has 0 heterocycles. The Morgan fingerprint density at radius 2 is 2.00 bits per heavy atom. The molecule has 1 rings (SSSR count). The van der Waals surface area contributed by atoms with Crippen molar-refractivity contribution in [2.45, 2.75) is 56.1 Å². The minimum Gasteiger partial charge on any atom is -0.357 e. The van der Waals surface area contributed by atoms with E-state index in [9.17, 15) is 0 Å². The average Bonchev–Trinajstić information content (AvgIpc) is 2.84. The summed E-state index contributed by atoms with van der Waals surface area (Å²) in [5, 5.41) is 7.78. The Kier molecular flexibility index (Phi) is 10.8. The van der Waals surface area contributed by atoms with Crippen LogP contribution in [0.5, 0.6) is 0 Å². The van der Waals surface area contributed by atoms with Crippen LogP contribution in [0, 0.1) is 0 Å². The molecule has 0 aromatic rings. The van der Waals surface area contributed by atoms with Crippen LogP contribution in [0.1, 0.15) is 40.0 Å². The van der Waals surface area contributed by atoms with Crippen molar-refractivity contribution in [1.29, 1.82) is 0 Å². The largest absolute Gasteiger partial charge is 0.357 e. The molecule has 0 aromatic heterocycles. The van der Waals surface area contributed by atoms with E-state index in [0.717, 1.165) is 24.3 Å². The third-order valence-electron chi connectivity index (χ3n) is 3.57. The molecule has 3 nitrogen and oxygen atoms in total. The van der Waals surface area contributed by atoms with Gasteiger partial charge in [0.05, 0.1) is 6.54 Å². The van der Waals surface area contributed by atoms with Gasteiger partial charge in [0.1, 0.15) is 0 Å². The first kappa shape index (κ1) is 20.7. The van der Waals surface area contributed by atoms with Crippen LogP contribution >= 0.6 is 47.5 Å². The van der Waals surface area contributed by atoms with Crippen molar-refractivity contribution >= 4 is 53.5 Å². The van der Waals surface area contributed by atoms with Crippen molar-refractivity contribution in [3.05, 3.63) is 0 Å². The van der Waals surface area contributed by atoms with E-state index in [1.807, 2.05) is 23.5 Å². The normalized spacial score (nSPS) is 23.4. The maximum absolute atomic E-state index is 4.74. The van der Waals surface area contributed by atoms with E-state index in [1.165, 1.54) is 19.3 Å². The number of nitrogens with zero attached hydrogens (tertiary/aromatic N) is 1. The van der Waals surface area contributed by atoms with E-state index >= 15 is 0 Å². The van der Waals surface area contributed by atoms with E-state index in [0.29, 0.717) is 6.04 Å². The maximum atomic E-state index is 4.74. The predicted molar refractivity (Wildman–Crippen MR) is 107 cm³/mol. The summed E-state index contributed by atoms with van der Waals surface area (Å²) in [5.74, 6) is 0.983. The quantitative estimate of drug-likeness (QED) is 0.383. The Morgan fingerprint density at radius 3 is 2.50 bits per heavy atom. The maximum Gasteiger partial charge on any atom is 0.191 e. The van der Waals surface area contributed by atoms with Crippen LogP contribution in [0.25, 0.3) is 0 Å². The number of nitrogens with one attached hydrogen (secondary N) is 2. The van der Waals surface area contributed by atoms with E-state index in [-0.39, 0.29) is 28.7 Å². The smallest absolute Gasteiger partial charge is 0.191 e. The molecule has 0 bridgehead atoms. The second-order valence-electron chi connectivity index (χ2n) is 5.67. The van der Waals surface area contributed by atoms with Crippen LogP contribution in [0.4, 0.5) is 0 Å². The van der Waals surface area contributed by atoms with Crippen molar-refractivity contribution in [2.75, 3.05) is 25.6 Å². The zero-order chi connectivity index (χ0) is 14.3. The number of hydrogen-bond acceptors (Lipinski definition) is 3. The molecule has 120 valence electrons. The molecule has 1 fully saturated rings. The molecule has 2 unspecified atom stereocenters. The van der Waals surface area contributed by atoms with Crippen molar-refractivity contribution in [3.8, 4) is 0 Å². The fourth-order valence-corrected chi connectivity index (χ4v) is 3.12. The Hall–Kier alpha value is 0.700. The van der Waals surface area contributed by atoms with Crippen molar-refractivity contribution in [2.24, 2.45) is 4.99 Å². The summed E-state index contributed by atoms with van der Waals surface area (Å²) in [7, 11) is 0. The SMILES string of the molecule is CCNC(=NCC(C)(C)SC)NC1CCC(SC)C1.I. The first-order valence-corrected chi connectivity index (χ1v) is 9.64. The van der Waals surface area contributed by atoms with Gasteiger partial charge in [-0.1, -0.05) is 0 Å². The Balaban J connectivity index is 0.00000361. The summed E-state index contributed by atoms with van der Waals surface area (Å²) in [5.41, 5.74) is 0. The molecular formula is C14H30IN3S2. The van der Waals surface area contributed by atoms with Crippen LogP contribution < -0.4 is 10.6 Å². The zero-order valence-corrected chi connectivity index (χ0v) is 17.3. The molecule has 0 amide bonds. The number of thioether (sulfide) groups is 2. The zero-order valence-electron chi connectivity index (χ0n) is 13.4. The molecule has 0 aliphatic heterocycles. The summed E-state index contributed by atoms with van der Waals surface area (Å²) < 4.78 is 0.208. The summed E-state index contributed by atoms with van der Waals surface area (Å²) in [4.78, 5) is 4.74. The van der Waals surface area contributed by atoms with Gasteiger partial charge in [-0.2, -0.15) is 23.5 Å². The van der Waals surface area contributed by atoms with Crippen LogP contribution in [-0.2, 0) is 0 Å². The van der Waals surface area contributed by atoms with Crippen LogP contribution in [0.3, 0.4) is 0 Å². The fraction of sp³-hybridized carbons (Fsp3) is 0.929. The lowest BCUT2D eigenvalue weighted by molar-refractivity contribution is 0.611. The standard InChI is InChI=1S/C14H29N3S2.HI/c1-6-15-13(16-10-14(2,3)19-5)17-11-7-8-12(9-11)18-4;/h11-12H,6-10H2,1-5H3,(H2,15,16,17);1H. The molecule has 20 heavy (non-hydrogen) atoms. The third kappa shape index (κ3) is 7.64. The summed E-state index contributed by atoms with van der Waals surface area (Å²) >= 11 is 3.86. The highest BCUT2D eigenvalue weighted by Crippen LogP contribution is 2.28. The van der Waals surface area contributed by atoms with Gasteiger partial charge in [-0.25, -0.2) is 0 Å². The summed E-state index contributed by atoms with van der Waals surface area (Å²) in [6.45, 7) is 8.37. The van der Waals surface area contributed by atoms with Crippen LogP contribution in [0.15, 0.2) is 4.99 Å². The van der Waals surface area contributed by atoms with E-state index < -0.39 is 0 Å². The highest BCUT2D eigenvalue weighted by molar-refractivity contribution is 14.0. The lowest BCUT2D eigenvalue weighted by atomic mass is 10.2. The van der Waals surface area contributed by atoms with Gasteiger partial charge in [-0.05, 0) is 52.5 Å². The molecule has 6 heteroatoms. The van der Waals surface area contributed by atoms with Gasteiger partial charge in [0.15, 0.2) is 5.96 Å². The van der Waals surface area contributed by atoms with Gasteiger partial charge in [-0.15, -0.1) is 24.0 Å². The van der Waals surface area contributed by atoms with Gasteiger partial charge >= 0.3 is 0 Å². The lowest BCUT2D eigenvalue weighted by Crippen LogP contribution is -2.43. The topological polar surface area (TPSA) is 36.4 Å². The average molecular weight is 431 g/mol. The highest BCUT2D eigenvalue weighted by Gasteiger charge is 2.24. The molecular weight excluding hydrogens is 401 g/mol. The Labute approximate surface area is 150 Å². The predicted octanol–water partition coefficient (Wildman–Crippen LogP) is 3.59. The summed E-state index contributed by atoms with van der Waals surface area (Å²) in [6, 6.07) is 0.590. The monoisotopic (exact) mass is 431 g/mol. The van der Waals surface area contributed by atoms with Gasteiger partial charge < -0.3 is 10.6 Å². The lowest BCUT2D eigenvalue weighted by Gasteiger charge is -2.22. The van der Waals surface area contributed by atoms with Crippen molar-refractivity contribution in [1.82, 2.24) is 10.6 Å². The minimum atomic E-state index is 0. The van der Waals surface area contributed by atoms with Crippen LogP contribution in [0.2, 0.25) is 0 Å². The molecule has 1 aliphatic carbocycles. The van der Waals surface area contributed by atoms with E-state index in [4.69, 9.17) is 4.99 Å². The second-order valence-corrected chi connectivity index (χ2v) is 8.32. The first-order chi connectivity index (χ1) is 9.00. The third-order valence-corrected chi connectivity index (χ3v) is 5.90. The molecule has 0 radical (unpaired) electrons. The van der Waals surface area contributed by atoms with Gasteiger partial charge in [0.25, 0.3) is 0 Å². The number of halogens is 1. The molecule has 0 aromatic carbocycles. The van der Waals surface area contributed by atoms with Crippen molar-refractivity contribution < 1.29 is 0 Å².